The highest BCUT2D eigenvalue weighted by molar-refractivity contribution is 6.04. The number of rotatable bonds is 8. The lowest BCUT2D eigenvalue weighted by Crippen LogP contribution is -2.36. The number of carbonyl (C=O) groups excluding carboxylic acids is 3. The molecule has 236 valence electrons. The molecule has 1 atom stereocenters. The van der Waals surface area contributed by atoms with Crippen molar-refractivity contribution in [3.05, 3.63) is 124 Å². The van der Waals surface area contributed by atoms with Gasteiger partial charge in [-0.15, -0.1) is 0 Å². The molecular formula is C37H37N3O6. The van der Waals surface area contributed by atoms with Crippen LogP contribution in [-0.4, -0.2) is 55.0 Å². The Bertz CT molecular complexity index is 1740. The number of likely N-dealkylation sites (tertiary alicyclic amines) is 1. The van der Waals surface area contributed by atoms with Gasteiger partial charge in [-0.05, 0) is 84.0 Å². The van der Waals surface area contributed by atoms with Gasteiger partial charge in [-0.25, -0.2) is 4.79 Å². The number of methoxy groups -OCH3 is 2. The molecule has 0 spiro atoms. The Morgan fingerprint density at radius 2 is 1.63 bits per heavy atom. The molecule has 0 saturated carbocycles. The number of anilines is 1. The zero-order valence-corrected chi connectivity index (χ0v) is 26.0. The second kappa shape index (κ2) is 13.8. The van der Waals surface area contributed by atoms with Crippen molar-refractivity contribution >= 4 is 23.6 Å². The molecule has 3 amide bonds. The van der Waals surface area contributed by atoms with Crippen molar-refractivity contribution < 1.29 is 28.6 Å². The van der Waals surface area contributed by atoms with Gasteiger partial charge in [0.1, 0.15) is 6.61 Å². The highest BCUT2D eigenvalue weighted by atomic mass is 16.6. The molecule has 4 aromatic rings. The Morgan fingerprint density at radius 3 is 2.43 bits per heavy atom. The molecule has 6 rings (SSSR count). The van der Waals surface area contributed by atoms with E-state index in [1.165, 1.54) is 0 Å². The lowest BCUT2D eigenvalue weighted by molar-refractivity contribution is 0.0735. The predicted octanol–water partition coefficient (Wildman–Crippen LogP) is 6.63. The number of hydrogen-bond donors (Lipinski definition) is 1. The summed E-state index contributed by atoms with van der Waals surface area (Å²) in [6.07, 6.45) is 2.03. The van der Waals surface area contributed by atoms with E-state index in [0.717, 1.165) is 35.1 Å². The van der Waals surface area contributed by atoms with Crippen LogP contribution >= 0.6 is 0 Å². The Balaban J connectivity index is 1.11. The second-order valence-corrected chi connectivity index (χ2v) is 11.5. The van der Waals surface area contributed by atoms with Gasteiger partial charge in [-0.3, -0.25) is 9.59 Å². The van der Waals surface area contributed by atoms with Crippen LogP contribution in [0.2, 0.25) is 0 Å². The Hall–Kier alpha value is -5.31. The van der Waals surface area contributed by atoms with Gasteiger partial charge >= 0.3 is 6.09 Å². The predicted molar refractivity (Wildman–Crippen MR) is 174 cm³/mol. The molecule has 2 aliphatic heterocycles. The summed E-state index contributed by atoms with van der Waals surface area (Å²) in [6.45, 7) is 1.83. The molecule has 2 aliphatic rings. The summed E-state index contributed by atoms with van der Waals surface area (Å²) in [4.78, 5) is 43.3. The molecule has 46 heavy (non-hydrogen) atoms. The van der Waals surface area contributed by atoms with E-state index in [4.69, 9.17) is 14.2 Å². The number of fused-ring (bicyclic) bond motifs is 1. The van der Waals surface area contributed by atoms with E-state index in [9.17, 15) is 14.4 Å². The van der Waals surface area contributed by atoms with Gasteiger partial charge in [-0.1, -0.05) is 48.5 Å². The summed E-state index contributed by atoms with van der Waals surface area (Å²) in [5.74, 6) is 0.729. The lowest BCUT2D eigenvalue weighted by atomic mass is 9.99. The largest absolute Gasteiger partial charge is 0.493 e. The lowest BCUT2D eigenvalue weighted by Gasteiger charge is -2.28. The number of ether oxygens (including phenoxy) is 3. The van der Waals surface area contributed by atoms with Crippen LogP contribution in [0, 0.1) is 0 Å². The number of benzene rings is 4. The number of nitrogens with one attached hydrogen (secondary N) is 1. The monoisotopic (exact) mass is 619 g/mol. The van der Waals surface area contributed by atoms with E-state index in [-0.39, 0.29) is 30.6 Å². The highest BCUT2D eigenvalue weighted by Gasteiger charge is 2.31. The van der Waals surface area contributed by atoms with Crippen LogP contribution in [0.1, 0.15) is 61.9 Å². The number of amides is 3. The van der Waals surface area contributed by atoms with Crippen LogP contribution < -0.4 is 14.8 Å². The van der Waals surface area contributed by atoms with Gasteiger partial charge in [0.25, 0.3) is 11.8 Å². The number of nitrogens with zero attached hydrogens (tertiary/aromatic N) is 2. The maximum absolute atomic E-state index is 13.6. The van der Waals surface area contributed by atoms with Gasteiger partial charge in [0.05, 0.1) is 20.3 Å². The standard InChI is InChI=1S/C37H37N3O6/c1-44-33-16-14-29(22-34(33)45-2)36(42)40-18-7-12-32(40)27-10-6-11-28(20-27)35(41)38-31-15-13-26-17-19-39(23-30(26)21-31)37(43)46-24-25-8-4-3-5-9-25/h3-6,8-11,13-16,20-22,32H,7,12,17-19,23-24H2,1-2H3,(H,38,41). The fourth-order valence-electron chi connectivity index (χ4n) is 6.18. The zero-order chi connectivity index (χ0) is 32.0. The third-order valence-corrected chi connectivity index (χ3v) is 8.62. The Kier molecular flexibility index (Phi) is 9.19. The van der Waals surface area contributed by atoms with Crippen molar-refractivity contribution in [2.24, 2.45) is 0 Å². The van der Waals surface area contributed by atoms with Crippen molar-refractivity contribution in [1.82, 2.24) is 9.80 Å². The van der Waals surface area contributed by atoms with Gasteiger partial charge in [-0.2, -0.15) is 0 Å². The maximum Gasteiger partial charge on any atom is 0.410 e. The summed E-state index contributed by atoms with van der Waals surface area (Å²) >= 11 is 0. The molecule has 9 heteroatoms. The van der Waals surface area contributed by atoms with E-state index >= 15 is 0 Å². The molecule has 9 nitrogen and oxygen atoms in total. The van der Waals surface area contributed by atoms with E-state index in [2.05, 4.69) is 5.32 Å². The number of hydrogen-bond acceptors (Lipinski definition) is 6. The minimum absolute atomic E-state index is 0.0923. The highest BCUT2D eigenvalue weighted by Crippen LogP contribution is 2.35. The van der Waals surface area contributed by atoms with Crippen molar-refractivity contribution in [1.29, 1.82) is 0 Å². The normalized spacial score (nSPS) is 15.6. The fourth-order valence-corrected chi connectivity index (χ4v) is 6.18. The van der Waals surface area contributed by atoms with E-state index < -0.39 is 0 Å². The summed E-state index contributed by atoms with van der Waals surface area (Å²) in [6, 6.07) is 27.9. The van der Waals surface area contributed by atoms with Gasteiger partial charge in [0.15, 0.2) is 11.5 Å². The molecular weight excluding hydrogens is 582 g/mol. The molecule has 2 heterocycles. The van der Waals surface area contributed by atoms with Crippen LogP contribution in [0.5, 0.6) is 11.5 Å². The Labute approximate surface area is 268 Å². The number of carbonyl (C=O) groups is 3. The van der Waals surface area contributed by atoms with Crippen LogP contribution in [0.3, 0.4) is 0 Å². The van der Waals surface area contributed by atoms with E-state index in [1.54, 1.807) is 43.4 Å². The average Bonchev–Trinajstić information content (AvgIpc) is 3.60. The summed E-state index contributed by atoms with van der Waals surface area (Å²) in [5, 5.41) is 3.02. The molecule has 1 N–H and O–H groups in total. The molecule has 0 aliphatic carbocycles. The van der Waals surface area contributed by atoms with Crippen LogP contribution in [0.15, 0.2) is 91.0 Å². The zero-order valence-electron chi connectivity index (χ0n) is 26.0. The first kappa shape index (κ1) is 30.7. The third-order valence-electron chi connectivity index (χ3n) is 8.62. The SMILES string of the molecule is COc1ccc(C(=O)N2CCCC2c2cccc(C(=O)Nc3ccc4c(c3)CN(C(=O)OCc3ccccc3)CC4)c2)cc1OC. The first-order valence-electron chi connectivity index (χ1n) is 15.4. The van der Waals surface area contributed by atoms with E-state index in [0.29, 0.717) is 54.4 Å². The molecule has 1 unspecified atom stereocenters. The van der Waals surface area contributed by atoms with E-state index in [1.807, 2.05) is 71.6 Å². The topological polar surface area (TPSA) is 97.4 Å². The molecule has 0 bridgehead atoms. The summed E-state index contributed by atoms with van der Waals surface area (Å²) in [5.41, 5.74) is 5.65. The van der Waals surface area contributed by atoms with Gasteiger partial charge in [0, 0.05) is 36.4 Å². The van der Waals surface area contributed by atoms with Crippen LogP contribution in [0.4, 0.5) is 10.5 Å². The molecule has 1 saturated heterocycles. The first-order chi connectivity index (χ1) is 22.4. The molecule has 1 fully saturated rings. The van der Waals surface area contributed by atoms with Crippen molar-refractivity contribution in [2.75, 3.05) is 32.6 Å². The Morgan fingerprint density at radius 1 is 0.804 bits per heavy atom. The smallest absolute Gasteiger partial charge is 0.410 e. The first-order valence-corrected chi connectivity index (χ1v) is 15.4. The minimum Gasteiger partial charge on any atom is -0.493 e. The van der Waals surface area contributed by atoms with Crippen LogP contribution in [0.25, 0.3) is 0 Å². The molecule has 0 aromatic heterocycles. The quantitative estimate of drug-likeness (QED) is 0.238. The van der Waals surface area contributed by atoms with Crippen molar-refractivity contribution in [2.45, 2.75) is 38.5 Å². The minimum atomic E-state index is -0.355. The fraction of sp³-hybridized carbons (Fsp3) is 0.270. The van der Waals surface area contributed by atoms with Crippen molar-refractivity contribution in [3.8, 4) is 11.5 Å². The second-order valence-electron chi connectivity index (χ2n) is 11.5. The van der Waals surface area contributed by atoms with Gasteiger partial charge in [0.2, 0.25) is 0 Å². The third kappa shape index (κ3) is 6.68. The molecule has 4 aromatic carbocycles. The molecule has 0 radical (unpaired) electrons. The van der Waals surface area contributed by atoms with Crippen molar-refractivity contribution in [3.63, 3.8) is 0 Å². The average molecular weight is 620 g/mol. The summed E-state index contributed by atoms with van der Waals surface area (Å²) in [7, 11) is 3.11. The van der Waals surface area contributed by atoms with Gasteiger partial charge < -0.3 is 29.3 Å². The summed E-state index contributed by atoms with van der Waals surface area (Å²) < 4.78 is 16.3. The maximum atomic E-state index is 13.6. The van der Waals surface area contributed by atoms with Crippen LogP contribution in [-0.2, 0) is 24.3 Å².